The molecule has 0 rings (SSSR count). The van der Waals surface area contributed by atoms with Gasteiger partial charge < -0.3 is 5.32 Å². The highest BCUT2D eigenvalue weighted by Crippen LogP contribution is 2.17. The zero-order valence-corrected chi connectivity index (χ0v) is 8.48. The summed E-state index contributed by atoms with van der Waals surface area (Å²) in [7, 11) is 0. The third kappa shape index (κ3) is 4.94. The second kappa shape index (κ2) is 4.96. The van der Waals surface area contributed by atoms with E-state index in [2.05, 4.69) is 26.1 Å². The van der Waals surface area contributed by atoms with Crippen LogP contribution >= 0.6 is 0 Å². The Kier molecular flexibility index (Phi) is 4.64. The Labute approximate surface area is 75.0 Å². The number of nitrogens with one attached hydrogen (secondary N) is 1. The lowest BCUT2D eigenvalue weighted by molar-refractivity contribution is -0.116. The van der Waals surface area contributed by atoms with Crippen molar-refractivity contribution in [2.75, 3.05) is 6.54 Å². The predicted molar refractivity (Wildman–Crippen MR) is 51.9 cm³/mol. The van der Waals surface area contributed by atoms with Gasteiger partial charge in [-0.3, -0.25) is 4.79 Å². The average Bonchev–Trinajstić information content (AvgIpc) is 2.02. The Hall–Kier alpha value is -0.790. The van der Waals surface area contributed by atoms with E-state index in [0.717, 1.165) is 13.0 Å². The molecule has 1 amide bonds. The second-order valence-corrected chi connectivity index (χ2v) is 3.74. The van der Waals surface area contributed by atoms with Gasteiger partial charge in [0.05, 0.1) is 0 Å². The van der Waals surface area contributed by atoms with Crippen LogP contribution in [0, 0.1) is 5.41 Å². The minimum absolute atomic E-state index is 0.000903. The van der Waals surface area contributed by atoms with Gasteiger partial charge in [0, 0.05) is 6.54 Å². The molecule has 70 valence electrons. The molecular weight excluding hydrogens is 150 g/mol. The number of amides is 1. The second-order valence-electron chi connectivity index (χ2n) is 3.74. The molecule has 0 heterocycles. The van der Waals surface area contributed by atoms with Gasteiger partial charge in [0.15, 0.2) is 0 Å². The van der Waals surface area contributed by atoms with Crippen molar-refractivity contribution in [3.05, 3.63) is 12.2 Å². The van der Waals surface area contributed by atoms with E-state index in [0.29, 0.717) is 0 Å². The normalized spacial score (nSPS) is 12.0. The highest BCUT2D eigenvalue weighted by molar-refractivity contribution is 5.87. The molecule has 0 saturated heterocycles. The Morgan fingerprint density at radius 2 is 2.08 bits per heavy atom. The third-order valence-corrected chi connectivity index (χ3v) is 2.02. The molecule has 0 aliphatic rings. The zero-order chi connectivity index (χ0) is 9.61. The van der Waals surface area contributed by atoms with Crippen LogP contribution in [-0.2, 0) is 4.79 Å². The molecule has 12 heavy (non-hydrogen) atoms. The first kappa shape index (κ1) is 11.2. The molecule has 0 saturated carbocycles. The molecule has 0 radical (unpaired) electrons. The number of allylic oxidation sites excluding steroid dienone is 1. The third-order valence-electron chi connectivity index (χ3n) is 2.02. The van der Waals surface area contributed by atoms with Gasteiger partial charge in [-0.05, 0) is 24.8 Å². The van der Waals surface area contributed by atoms with Crippen LogP contribution in [0.5, 0.6) is 0 Å². The van der Waals surface area contributed by atoms with Gasteiger partial charge in [-0.15, -0.1) is 0 Å². The minimum atomic E-state index is -0.000903. The molecule has 0 aromatic heterocycles. The van der Waals surface area contributed by atoms with Gasteiger partial charge in [-0.25, -0.2) is 0 Å². The first-order chi connectivity index (χ1) is 5.52. The Morgan fingerprint density at radius 1 is 1.50 bits per heavy atom. The molecule has 0 aromatic carbocycles. The highest BCUT2D eigenvalue weighted by Gasteiger charge is 2.14. The van der Waals surface area contributed by atoms with E-state index in [1.54, 1.807) is 12.2 Å². The number of hydrogen-bond donors (Lipinski definition) is 1. The smallest absolute Gasteiger partial charge is 0.243 e. The zero-order valence-electron chi connectivity index (χ0n) is 8.48. The molecule has 0 aromatic rings. The van der Waals surface area contributed by atoms with Gasteiger partial charge in [0.2, 0.25) is 5.91 Å². The molecule has 2 heteroatoms. The van der Waals surface area contributed by atoms with Crippen LogP contribution in [0.3, 0.4) is 0 Å². The molecule has 2 nitrogen and oxygen atoms in total. The lowest BCUT2D eigenvalue weighted by Gasteiger charge is -2.22. The topological polar surface area (TPSA) is 29.1 Å². The maximum Gasteiger partial charge on any atom is 0.243 e. The van der Waals surface area contributed by atoms with E-state index in [1.165, 1.54) is 0 Å². The average molecular weight is 169 g/mol. The molecule has 0 atom stereocenters. The molecule has 0 unspecified atom stereocenters. The van der Waals surface area contributed by atoms with Crippen molar-refractivity contribution in [1.82, 2.24) is 5.32 Å². The van der Waals surface area contributed by atoms with Crippen LogP contribution in [0.2, 0.25) is 0 Å². The quantitative estimate of drug-likeness (QED) is 0.642. The number of hydrogen-bond acceptors (Lipinski definition) is 1. The number of carbonyl (C=O) groups excluding carboxylic acids is 1. The molecule has 0 aliphatic carbocycles. The fourth-order valence-corrected chi connectivity index (χ4v) is 0.662. The van der Waals surface area contributed by atoms with E-state index in [9.17, 15) is 4.79 Å². The maximum absolute atomic E-state index is 11.0. The molecule has 0 bridgehead atoms. The Bertz CT molecular complexity index is 171. The summed E-state index contributed by atoms with van der Waals surface area (Å²) in [5.41, 5.74) is 0.206. The first-order valence-electron chi connectivity index (χ1n) is 4.42. The van der Waals surface area contributed by atoms with Crippen LogP contribution in [0.15, 0.2) is 12.2 Å². The standard InChI is InChI=1S/C10H19NO/c1-5-7-9(12)11-8-10(3,4)6-2/h5,7H,6,8H2,1-4H3,(H,11,12)/b7-5+. The summed E-state index contributed by atoms with van der Waals surface area (Å²) >= 11 is 0. The van der Waals surface area contributed by atoms with E-state index in [4.69, 9.17) is 0 Å². The lowest BCUT2D eigenvalue weighted by atomic mass is 9.90. The Balaban J connectivity index is 3.75. The lowest BCUT2D eigenvalue weighted by Crippen LogP contribution is -2.32. The Morgan fingerprint density at radius 3 is 2.50 bits per heavy atom. The summed E-state index contributed by atoms with van der Waals surface area (Å²) < 4.78 is 0. The monoisotopic (exact) mass is 169 g/mol. The van der Waals surface area contributed by atoms with Crippen molar-refractivity contribution in [3.8, 4) is 0 Å². The summed E-state index contributed by atoms with van der Waals surface area (Å²) in [5, 5.41) is 2.85. The molecule has 0 aliphatic heterocycles. The van der Waals surface area contributed by atoms with E-state index < -0.39 is 0 Å². The van der Waals surface area contributed by atoms with Gasteiger partial charge in [0.25, 0.3) is 0 Å². The van der Waals surface area contributed by atoms with Crippen molar-refractivity contribution in [3.63, 3.8) is 0 Å². The van der Waals surface area contributed by atoms with Crippen molar-refractivity contribution in [1.29, 1.82) is 0 Å². The van der Waals surface area contributed by atoms with Gasteiger partial charge >= 0.3 is 0 Å². The summed E-state index contributed by atoms with van der Waals surface area (Å²) in [6.45, 7) is 8.99. The van der Waals surface area contributed by atoms with Crippen LogP contribution in [0.4, 0.5) is 0 Å². The predicted octanol–water partition coefficient (Wildman–Crippen LogP) is 2.11. The fourth-order valence-electron chi connectivity index (χ4n) is 0.662. The number of rotatable bonds is 4. The van der Waals surface area contributed by atoms with Crippen molar-refractivity contribution >= 4 is 5.91 Å². The van der Waals surface area contributed by atoms with E-state index in [1.807, 2.05) is 6.92 Å². The highest BCUT2D eigenvalue weighted by atomic mass is 16.1. The largest absolute Gasteiger partial charge is 0.352 e. The number of carbonyl (C=O) groups is 1. The maximum atomic E-state index is 11.0. The summed E-state index contributed by atoms with van der Waals surface area (Å²) in [6, 6.07) is 0. The molecular formula is C10H19NO. The van der Waals surface area contributed by atoms with Crippen molar-refractivity contribution < 1.29 is 4.79 Å². The minimum Gasteiger partial charge on any atom is -0.352 e. The SMILES string of the molecule is C/C=C/C(=O)NCC(C)(C)CC. The van der Waals surface area contributed by atoms with Gasteiger partial charge in [-0.1, -0.05) is 26.8 Å². The summed E-state index contributed by atoms with van der Waals surface area (Å²) in [6.07, 6.45) is 4.36. The van der Waals surface area contributed by atoms with Crippen molar-refractivity contribution in [2.24, 2.45) is 5.41 Å². The van der Waals surface area contributed by atoms with Crippen LogP contribution in [0.1, 0.15) is 34.1 Å². The van der Waals surface area contributed by atoms with E-state index in [-0.39, 0.29) is 11.3 Å². The summed E-state index contributed by atoms with van der Waals surface area (Å²) in [4.78, 5) is 11.0. The summed E-state index contributed by atoms with van der Waals surface area (Å²) in [5.74, 6) is -0.000903. The first-order valence-corrected chi connectivity index (χ1v) is 4.42. The van der Waals surface area contributed by atoms with Gasteiger partial charge in [-0.2, -0.15) is 0 Å². The van der Waals surface area contributed by atoms with Gasteiger partial charge in [0.1, 0.15) is 0 Å². The van der Waals surface area contributed by atoms with Crippen LogP contribution in [0.25, 0.3) is 0 Å². The molecule has 0 spiro atoms. The molecule has 1 N–H and O–H groups in total. The van der Waals surface area contributed by atoms with Crippen LogP contribution < -0.4 is 5.32 Å². The van der Waals surface area contributed by atoms with E-state index >= 15 is 0 Å². The van der Waals surface area contributed by atoms with Crippen molar-refractivity contribution in [2.45, 2.75) is 34.1 Å². The molecule has 0 fully saturated rings. The van der Waals surface area contributed by atoms with Crippen LogP contribution in [-0.4, -0.2) is 12.5 Å². The fraction of sp³-hybridized carbons (Fsp3) is 0.700.